The molecule has 0 radical (unpaired) electrons. The first-order chi connectivity index (χ1) is 11.5. The summed E-state index contributed by atoms with van der Waals surface area (Å²) >= 11 is 0. The molecule has 0 spiro atoms. The highest BCUT2D eigenvalue weighted by molar-refractivity contribution is 5.81. The molecule has 0 bridgehead atoms. The van der Waals surface area contributed by atoms with Crippen LogP contribution in [0.25, 0.3) is 0 Å². The van der Waals surface area contributed by atoms with Gasteiger partial charge in [0.05, 0.1) is 12.1 Å². The van der Waals surface area contributed by atoms with Gasteiger partial charge in [-0.05, 0) is 83.8 Å². The third kappa shape index (κ3) is 5.05. The second kappa shape index (κ2) is 9.19. The molecule has 4 nitrogen and oxygen atoms in total. The molecule has 0 saturated carbocycles. The number of rotatable bonds is 7. The van der Waals surface area contributed by atoms with Crippen molar-refractivity contribution in [3.8, 4) is 0 Å². The normalized spacial score (nSPS) is 19.0. The van der Waals surface area contributed by atoms with E-state index in [1.165, 1.54) is 30.4 Å². The number of carbonyl (C=O) groups is 1. The maximum absolute atomic E-state index is 12.6. The van der Waals surface area contributed by atoms with Gasteiger partial charge in [-0.15, -0.1) is 0 Å². The van der Waals surface area contributed by atoms with Gasteiger partial charge in [-0.3, -0.25) is 9.69 Å². The van der Waals surface area contributed by atoms with E-state index in [4.69, 9.17) is 0 Å². The average molecular weight is 332 g/mol. The lowest BCUT2D eigenvalue weighted by molar-refractivity contribution is -0.127. The fraction of sp³-hybridized carbons (Fsp3) is 0.650. The highest BCUT2D eigenvalue weighted by atomic mass is 16.2. The van der Waals surface area contributed by atoms with Crippen LogP contribution < -0.4 is 10.6 Å². The number of amides is 1. The number of nitrogens with zero attached hydrogens (tertiary/aromatic N) is 1. The fourth-order valence-electron chi connectivity index (χ4n) is 3.63. The highest BCUT2D eigenvalue weighted by Gasteiger charge is 2.27. The predicted molar refractivity (Wildman–Crippen MR) is 100 cm³/mol. The Kier molecular flexibility index (Phi) is 7.25. The number of piperidine rings is 1. The smallest absolute Gasteiger partial charge is 0.237 e. The van der Waals surface area contributed by atoms with Gasteiger partial charge in [0, 0.05) is 0 Å². The van der Waals surface area contributed by atoms with Crippen LogP contribution in [0.3, 0.4) is 0 Å². The third-order valence-electron chi connectivity index (χ3n) is 5.39. The van der Waals surface area contributed by atoms with Crippen LogP contribution in [0.1, 0.15) is 50.3 Å². The Hall–Kier alpha value is -1.39. The fourth-order valence-corrected chi connectivity index (χ4v) is 3.63. The van der Waals surface area contributed by atoms with Crippen molar-refractivity contribution in [3.05, 3.63) is 35.4 Å². The van der Waals surface area contributed by atoms with Gasteiger partial charge in [0.25, 0.3) is 0 Å². The molecule has 1 aliphatic rings. The zero-order valence-electron chi connectivity index (χ0n) is 15.6. The van der Waals surface area contributed by atoms with Crippen LogP contribution in [-0.4, -0.2) is 43.5 Å². The SMILES string of the molecule is CNCCC1CCN(C(C)C(=O)NC(C)c2ccccc2C)CC1. The maximum atomic E-state index is 12.6. The number of carbonyl (C=O) groups excluding carboxylic acids is 1. The van der Waals surface area contributed by atoms with E-state index in [1.54, 1.807) is 0 Å². The van der Waals surface area contributed by atoms with Crippen molar-refractivity contribution in [3.63, 3.8) is 0 Å². The van der Waals surface area contributed by atoms with Crippen molar-refractivity contribution >= 4 is 5.91 Å². The molecule has 1 heterocycles. The molecule has 24 heavy (non-hydrogen) atoms. The number of aryl methyl sites for hydroxylation is 1. The Labute approximate surface area is 147 Å². The van der Waals surface area contributed by atoms with Gasteiger partial charge in [-0.1, -0.05) is 24.3 Å². The summed E-state index contributed by atoms with van der Waals surface area (Å²) in [6, 6.07) is 8.25. The van der Waals surface area contributed by atoms with E-state index in [0.717, 1.165) is 25.6 Å². The zero-order chi connectivity index (χ0) is 17.5. The first-order valence-corrected chi connectivity index (χ1v) is 9.27. The van der Waals surface area contributed by atoms with Gasteiger partial charge in [0.1, 0.15) is 0 Å². The number of nitrogens with one attached hydrogen (secondary N) is 2. The quantitative estimate of drug-likeness (QED) is 0.807. The van der Waals surface area contributed by atoms with Gasteiger partial charge in [0.15, 0.2) is 0 Å². The standard InChI is InChI=1S/C20H33N3O/c1-15-7-5-6-8-19(15)16(2)22-20(24)17(3)23-13-10-18(11-14-23)9-12-21-4/h5-8,16-18,21H,9-14H2,1-4H3,(H,22,24). The Morgan fingerprint density at radius 3 is 2.54 bits per heavy atom. The van der Waals surface area contributed by atoms with Crippen molar-refractivity contribution < 1.29 is 4.79 Å². The lowest BCUT2D eigenvalue weighted by Gasteiger charge is -2.35. The van der Waals surface area contributed by atoms with E-state index in [0.29, 0.717) is 0 Å². The van der Waals surface area contributed by atoms with E-state index in [9.17, 15) is 4.79 Å². The van der Waals surface area contributed by atoms with Gasteiger partial charge < -0.3 is 10.6 Å². The molecule has 1 aliphatic heterocycles. The summed E-state index contributed by atoms with van der Waals surface area (Å²) in [5.74, 6) is 0.939. The van der Waals surface area contributed by atoms with Crippen LogP contribution in [-0.2, 0) is 4.79 Å². The molecule has 1 amide bonds. The molecular weight excluding hydrogens is 298 g/mol. The molecule has 4 heteroatoms. The molecule has 1 aromatic rings. The highest BCUT2D eigenvalue weighted by Crippen LogP contribution is 2.22. The number of likely N-dealkylation sites (tertiary alicyclic amines) is 1. The minimum absolute atomic E-state index is 0.0503. The molecule has 0 aromatic heterocycles. The largest absolute Gasteiger partial charge is 0.348 e. The topological polar surface area (TPSA) is 44.4 Å². The van der Waals surface area contributed by atoms with E-state index in [2.05, 4.69) is 41.5 Å². The minimum Gasteiger partial charge on any atom is -0.348 e. The molecule has 2 unspecified atom stereocenters. The first kappa shape index (κ1) is 18.9. The Balaban J connectivity index is 1.83. The van der Waals surface area contributed by atoms with Gasteiger partial charge in [0.2, 0.25) is 5.91 Å². The molecule has 0 aliphatic carbocycles. The Morgan fingerprint density at radius 1 is 1.25 bits per heavy atom. The Bertz CT molecular complexity index is 523. The monoisotopic (exact) mass is 331 g/mol. The van der Waals surface area contributed by atoms with Crippen LogP contribution >= 0.6 is 0 Å². The summed E-state index contributed by atoms with van der Waals surface area (Å²) in [7, 11) is 2.01. The van der Waals surface area contributed by atoms with Crippen molar-refractivity contribution in [2.45, 2.75) is 52.1 Å². The third-order valence-corrected chi connectivity index (χ3v) is 5.39. The average Bonchev–Trinajstić information content (AvgIpc) is 2.60. The zero-order valence-corrected chi connectivity index (χ0v) is 15.6. The molecule has 1 fully saturated rings. The minimum atomic E-state index is -0.0540. The van der Waals surface area contributed by atoms with Gasteiger partial charge >= 0.3 is 0 Å². The number of benzene rings is 1. The summed E-state index contributed by atoms with van der Waals surface area (Å²) in [6.45, 7) is 9.35. The number of hydrogen-bond acceptors (Lipinski definition) is 3. The van der Waals surface area contributed by atoms with Crippen molar-refractivity contribution in [1.29, 1.82) is 0 Å². The van der Waals surface area contributed by atoms with Crippen LogP contribution in [0, 0.1) is 12.8 Å². The molecular formula is C20H33N3O. The molecule has 1 aromatic carbocycles. The lowest BCUT2D eigenvalue weighted by atomic mass is 9.92. The lowest BCUT2D eigenvalue weighted by Crippen LogP contribution is -2.48. The number of hydrogen-bond donors (Lipinski definition) is 2. The van der Waals surface area contributed by atoms with E-state index < -0.39 is 0 Å². The summed E-state index contributed by atoms with van der Waals surface area (Å²) in [6.07, 6.45) is 3.65. The summed E-state index contributed by atoms with van der Waals surface area (Å²) in [5.41, 5.74) is 2.42. The molecule has 2 atom stereocenters. The second-order valence-corrected chi connectivity index (χ2v) is 7.13. The van der Waals surface area contributed by atoms with Gasteiger partial charge in [-0.2, -0.15) is 0 Å². The van der Waals surface area contributed by atoms with Gasteiger partial charge in [-0.25, -0.2) is 0 Å². The van der Waals surface area contributed by atoms with Crippen molar-refractivity contribution in [1.82, 2.24) is 15.5 Å². The molecule has 1 saturated heterocycles. The van der Waals surface area contributed by atoms with E-state index in [1.807, 2.05) is 26.1 Å². The first-order valence-electron chi connectivity index (χ1n) is 9.27. The molecule has 2 N–H and O–H groups in total. The second-order valence-electron chi connectivity index (χ2n) is 7.13. The molecule has 2 rings (SSSR count). The van der Waals surface area contributed by atoms with E-state index in [-0.39, 0.29) is 18.0 Å². The van der Waals surface area contributed by atoms with Crippen LogP contribution in [0.2, 0.25) is 0 Å². The maximum Gasteiger partial charge on any atom is 0.237 e. The van der Waals surface area contributed by atoms with Crippen molar-refractivity contribution in [2.24, 2.45) is 5.92 Å². The Morgan fingerprint density at radius 2 is 1.92 bits per heavy atom. The summed E-state index contributed by atoms with van der Waals surface area (Å²) < 4.78 is 0. The van der Waals surface area contributed by atoms with Crippen LogP contribution in [0.5, 0.6) is 0 Å². The van der Waals surface area contributed by atoms with Crippen LogP contribution in [0.15, 0.2) is 24.3 Å². The summed E-state index contributed by atoms with van der Waals surface area (Å²) in [5, 5.41) is 6.42. The summed E-state index contributed by atoms with van der Waals surface area (Å²) in [4.78, 5) is 15.0. The van der Waals surface area contributed by atoms with Crippen LogP contribution in [0.4, 0.5) is 0 Å². The van der Waals surface area contributed by atoms with E-state index >= 15 is 0 Å². The van der Waals surface area contributed by atoms with Crippen molar-refractivity contribution in [2.75, 3.05) is 26.7 Å². The predicted octanol–water partition coefficient (Wildman–Crippen LogP) is 2.88. The molecule has 134 valence electrons.